The Kier molecular flexibility index (Phi) is 5.91. The SMILES string of the molecule is CC1CN(C(=O)CSc2nncn2-c2ccc(C(C)C)cc2)C(C)(C)CO1. The van der Waals surface area contributed by atoms with Gasteiger partial charge in [-0.3, -0.25) is 9.36 Å². The van der Waals surface area contributed by atoms with Crippen LogP contribution in [0.3, 0.4) is 0 Å². The van der Waals surface area contributed by atoms with E-state index in [1.54, 1.807) is 6.33 Å². The Hall–Kier alpha value is -1.86. The van der Waals surface area contributed by atoms with Crippen LogP contribution >= 0.6 is 11.8 Å². The number of morpholine rings is 1. The zero-order chi connectivity index (χ0) is 19.6. The zero-order valence-corrected chi connectivity index (χ0v) is 17.5. The van der Waals surface area contributed by atoms with E-state index in [-0.39, 0.29) is 17.6 Å². The summed E-state index contributed by atoms with van der Waals surface area (Å²) in [6.07, 6.45) is 1.76. The minimum atomic E-state index is -0.287. The molecule has 2 aromatic rings. The van der Waals surface area contributed by atoms with Crippen LogP contribution in [0, 0.1) is 0 Å². The maximum Gasteiger partial charge on any atom is 0.233 e. The number of aromatic nitrogens is 3. The van der Waals surface area contributed by atoms with E-state index >= 15 is 0 Å². The van der Waals surface area contributed by atoms with E-state index in [0.717, 1.165) is 10.8 Å². The van der Waals surface area contributed by atoms with Crippen molar-refractivity contribution in [1.29, 1.82) is 0 Å². The normalized spacial score (nSPS) is 19.5. The molecule has 0 aliphatic carbocycles. The van der Waals surface area contributed by atoms with Crippen molar-refractivity contribution in [2.45, 2.75) is 57.3 Å². The molecule has 1 aromatic carbocycles. The smallest absolute Gasteiger partial charge is 0.233 e. The first kappa shape index (κ1) is 19.9. The number of hydrogen-bond donors (Lipinski definition) is 0. The minimum Gasteiger partial charge on any atom is -0.374 e. The van der Waals surface area contributed by atoms with Gasteiger partial charge in [-0.05, 0) is 44.4 Å². The highest BCUT2D eigenvalue weighted by atomic mass is 32.2. The molecule has 2 heterocycles. The van der Waals surface area contributed by atoms with E-state index in [4.69, 9.17) is 4.74 Å². The van der Waals surface area contributed by atoms with Gasteiger partial charge < -0.3 is 9.64 Å². The van der Waals surface area contributed by atoms with Gasteiger partial charge >= 0.3 is 0 Å². The average molecular weight is 389 g/mol. The molecular weight excluding hydrogens is 360 g/mol. The third-order valence-electron chi connectivity index (χ3n) is 4.87. The largest absolute Gasteiger partial charge is 0.374 e. The van der Waals surface area contributed by atoms with E-state index in [1.165, 1.54) is 17.3 Å². The lowest BCUT2D eigenvalue weighted by Gasteiger charge is -2.44. The van der Waals surface area contributed by atoms with E-state index in [0.29, 0.717) is 24.8 Å². The number of thioether (sulfide) groups is 1. The predicted octanol–water partition coefficient (Wildman–Crippen LogP) is 3.51. The van der Waals surface area contributed by atoms with Crippen LogP contribution in [0.4, 0.5) is 0 Å². The summed E-state index contributed by atoms with van der Waals surface area (Å²) in [7, 11) is 0. The van der Waals surface area contributed by atoms with Gasteiger partial charge in [0.1, 0.15) is 6.33 Å². The van der Waals surface area contributed by atoms with Crippen molar-refractivity contribution in [3.8, 4) is 5.69 Å². The molecular formula is C20H28N4O2S. The molecule has 7 heteroatoms. The van der Waals surface area contributed by atoms with Crippen molar-refractivity contribution in [2.24, 2.45) is 0 Å². The molecule has 6 nitrogen and oxygen atoms in total. The van der Waals surface area contributed by atoms with E-state index in [9.17, 15) is 4.79 Å². The summed E-state index contributed by atoms with van der Waals surface area (Å²) in [6, 6.07) is 8.38. The van der Waals surface area contributed by atoms with Gasteiger partial charge in [-0.2, -0.15) is 0 Å². The van der Waals surface area contributed by atoms with Crippen molar-refractivity contribution in [3.63, 3.8) is 0 Å². The maximum atomic E-state index is 12.8. The lowest BCUT2D eigenvalue weighted by molar-refractivity contribution is -0.149. The number of nitrogens with zero attached hydrogens (tertiary/aromatic N) is 4. The molecule has 146 valence electrons. The van der Waals surface area contributed by atoms with Crippen LogP contribution in [-0.2, 0) is 9.53 Å². The second-order valence-corrected chi connectivity index (χ2v) is 8.90. The number of hydrogen-bond acceptors (Lipinski definition) is 5. The van der Waals surface area contributed by atoms with Crippen LogP contribution in [0.25, 0.3) is 5.69 Å². The molecule has 0 radical (unpaired) electrons. The fraction of sp³-hybridized carbons (Fsp3) is 0.550. The molecule has 1 saturated heterocycles. The lowest BCUT2D eigenvalue weighted by Crippen LogP contribution is -2.58. The summed E-state index contributed by atoms with van der Waals surface area (Å²) in [4.78, 5) is 14.7. The van der Waals surface area contributed by atoms with Gasteiger partial charge in [0.15, 0.2) is 5.16 Å². The van der Waals surface area contributed by atoms with Crippen LogP contribution in [0.2, 0.25) is 0 Å². The van der Waals surface area contributed by atoms with Crippen LogP contribution in [0.15, 0.2) is 35.7 Å². The average Bonchev–Trinajstić information content (AvgIpc) is 3.10. The van der Waals surface area contributed by atoms with Crippen molar-refractivity contribution >= 4 is 17.7 Å². The summed E-state index contributed by atoms with van der Waals surface area (Å²) in [5.41, 5.74) is 2.00. The minimum absolute atomic E-state index is 0.0649. The molecule has 0 spiro atoms. The highest BCUT2D eigenvalue weighted by molar-refractivity contribution is 7.99. The third kappa shape index (κ3) is 4.52. The Morgan fingerprint density at radius 3 is 2.70 bits per heavy atom. The molecule has 1 amide bonds. The summed E-state index contributed by atoms with van der Waals surface area (Å²) >= 11 is 1.42. The molecule has 27 heavy (non-hydrogen) atoms. The standard InChI is InChI=1S/C20H28N4O2S/c1-14(2)16-6-8-17(9-7-16)23-13-21-22-19(23)27-11-18(25)24-10-15(3)26-12-20(24,4)5/h6-9,13-15H,10-12H2,1-5H3. The van der Waals surface area contributed by atoms with Gasteiger partial charge in [-0.25, -0.2) is 0 Å². The quantitative estimate of drug-likeness (QED) is 0.734. The van der Waals surface area contributed by atoms with E-state index in [2.05, 4.69) is 48.3 Å². The van der Waals surface area contributed by atoms with Crippen molar-refractivity contribution in [3.05, 3.63) is 36.2 Å². The summed E-state index contributed by atoms with van der Waals surface area (Å²) in [5, 5.41) is 8.96. The van der Waals surface area contributed by atoms with Gasteiger partial charge in [0, 0.05) is 12.2 Å². The highest BCUT2D eigenvalue weighted by Crippen LogP contribution is 2.26. The first-order valence-electron chi connectivity index (χ1n) is 9.33. The summed E-state index contributed by atoms with van der Waals surface area (Å²) in [6.45, 7) is 11.6. The van der Waals surface area contributed by atoms with Gasteiger partial charge in [0.25, 0.3) is 0 Å². The second kappa shape index (κ2) is 8.02. The zero-order valence-electron chi connectivity index (χ0n) is 16.7. The lowest BCUT2D eigenvalue weighted by atomic mass is 10.0. The molecule has 1 aromatic heterocycles. The molecule has 1 atom stereocenters. The Morgan fingerprint density at radius 1 is 1.33 bits per heavy atom. The van der Waals surface area contributed by atoms with Gasteiger partial charge in [0.2, 0.25) is 5.91 Å². The van der Waals surface area contributed by atoms with Crippen molar-refractivity contribution in [2.75, 3.05) is 18.9 Å². The Bertz CT molecular complexity index is 786. The fourth-order valence-corrected chi connectivity index (χ4v) is 3.95. The van der Waals surface area contributed by atoms with Crippen LogP contribution in [0.1, 0.15) is 46.1 Å². The molecule has 1 aliphatic rings. The molecule has 3 rings (SSSR count). The fourth-order valence-electron chi connectivity index (χ4n) is 3.14. The number of carbonyl (C=O) groups excluding carboxylic acids is 1. The summed E-state index contributed by atoms with van der Waals surface area (Å²) < 4.78 is 7.63. The first-order chi connectivity index (χ1) is 12.8. The van der Waals surface area contributed by atoms with Gasteiger partial charge in [-0.1, -0.05) is 37.7 Å². The van der Waals surface area contributed by atoms with E-state index < -0.39 is 0 Å². The number of benzene rings is 1. The number of rotatable bonds is 5. The van der Waals surface area contributed by atoms with Gasteiger partial charge in [0.05, 0.1) is 24.0 Å². The Morgan fingerprint density at radius 2 is 2.04 bits per heavy atom. The number of amides is 1. The van der Waals surface area contributed by atoms with Crippen molar-refractivity contribution in [1.82, 2.24) is 19.7 Å². The number of carbonyl (C=O) groups is 1. The second-order valence-electron chi connectivity index (χ2n) is 7.96. The van der Waals surface area contributed by atoms with Crippen molar-refractivity contribution < 1.29 is 9.53 Å². The molecule has 0 N–H and O–H groups in total. The monoisotopic (exact) mass is 388 g/mol. The molecule has 1 aliphatic heterocycles. The topological polar surface area (TPSA) is 60.2 Å². The van der Waals surface area contributed by atoms with Gasteiger partial charge in [-0.15, -0.1) is 10.2 Å². The predicted molar refractivity (Wildman–Crippen MR) is 107 cm³/mol. The first-order valence-corrected chi connectivity index (χ1v) is 10.3. The molecule has 0 bridgehead atoms. The van der Waals surface area contributed by atoms with Crippen LogP contribution < -0.4 is 0 Å². The molecule has 1 fully saturated rings. The Labute approximate surface area is 165 Å². The molecule has 1 unspecified atom stereocenters. The Balaban J connectivity index is 1.69. The third-order valence-corrected chi connectivity index (χ3v) is 5.80. The maximum absolute atomic E-state index is 12.8. The van der Waals surface area contributed by atoms with Crippen LogP contribution in [-0.4, -0.2) is 56.1 Å². The highest BCUT2D eigenvalue weighted by Gasteiger charge is 2.36. The molecule has 0 saturated carbocycles. The number of ether oxygens (including phenoxy) is 1. The summed E-state index contributed by atoms with van der Waals surface area (Å²) in [5.74, 6) is 0.925. The van der Waals surface area contributed by atoms with E-state index in [1.807, 2.05) is 30.2 Å². The van der Waals surface area contributed by atoms with Crippen LogP contribution in [0.5, 0.6) is 0 Å².